The number of fused-ring (bicyclic) bond motifs is 1. The number of carboxylic acid groups (broad SMARTS) is 1. The zero-order valence-corrected chi connectivity index (χ0v) is 11.9. The van der Waals surface area contributed by atoms with E-state index in [4.69, 9.17) is 5.11 Å². The number of amides is 1. The number of carbonyl (C=O) groups excluding carboxylic acids is 1. The van der Waals surface area contributed by atoms with E-state index < -0.39 is 12.0 Å². The van der Waals surface area contributed by atoms with E-state index in [1.54, 1.807) is 11.8 Å². The SMILES string of the molecule is O=CNC(CSCC1Cc2ccccc2S1)C(=O)O. The maximum absolute atomic E-state index is 10.9. The molecular weight excluding hydrogens is 282 g/mol. The van der Waals surface area contributed by atoms with Crippen molar-refractivity contribution in [1.29, 1.82) is 0 Å². The molecule has 4 nitrogen and oxygen atoms in total. The van der Waals surface area contributed by atoms with Gasteiger partial charge in [0.25, 0.3) is 0 Å². The summed E-state index contributed by atoms with van der Waals surface area (Å²) in [4.78, 5) is 22.5. The Bertz CT molecular complexity index is 442. The highest BCUT2D eigenvalue weighted by atomic mass is 32.2. The van der Waals surface area contributed by atoms with E-state index in [1.165, 1.54) is 10.5 Å². The van der Waals surface area contributed by atoms with E-state index in [0.717, 1.165) is 12.2 Å². The molecule has 6 heteroatoms. The minimum atomic E-state index is -0.984. The Balaban J connectivity index is 1.76. The Morgan fingerprint density at radius 1 is 1.58 bits per heavy atom. The molecule has 0 radical (unpaired) electrons. The van der Waals surface area contributed by atoms with E-state index in [2.05, 4.69) is 17.4 Å². The largest absolute Gasteiger partial charge is 0.480 e. The average Bonchev–Trinajstić information content (AvgIpc) is 2.80. The van der Waals surface area contributed by atoms with Crippen molar-refractivity contribution in [2.24, 2.45) is 0 Å². The first-order chi connectivity index (χ1) is 9.20. The lowest BCUT2D eigenvalue weighted by atomic mass is 10.1. The molecule has 1 aliphatic rings. The molecular formula is C13H15NO3S2. The second-order valence-corrected chi connectivity index (χ2v) is 6.68. The molecule has 2 atom stereocenters. The number of hydrogen-bond acceptors (Lipinski definition) is 4. The Kier molecular flexibility index (Phi) is 5.15. The molecule has 0 spiro atoms. The first-order valence-electron chi connectivity index (χ1n) is 5.95. The van der Waals surface area contributed by atoms with Crippen LogP contribution in [0.2, 0.25) is 0 Å². The Morgan fingerprint density at radius 3 is 3.05 bits per heavy atom. The van der Waals surface area contributed by atoms with Crippen LogP contribution < -0.4 is 5.32 Å². The molecule has 1 amide bonds. The number of rotatable bonds is 7. The molecule has 2 unspecified atom stereocenters. The van der Waals surface area contributed by atoms with Gasteiger partial charge in [0.2, 0.25) is 6.41 Å². The van der Waals surface area contributed by atoms with Crippen molar-refractivity contribution in [1.82, 2.24) is 5.32 Å². The van der Waals surface area contributed by atoms with E-state index in [-0.39, 0.29) is 0 Å². The number of carbonyl (C=O) groups is 2. The molecule has 1 heterocycles. The van der Waals surface area contributed by atoms with Crippen LogP contribution in [-0.2, 0) is 16.0 Å². The van der Waals surface area contributed by atoms with E-state index in [0.29, 0.717) is 17.4 Å². The lowest BCUT2D eigenvalue weighted by molar-refractivity contribution is -0.139. The smallest absolute Gasteiger partial charge is 0.327 e. The number of nitrogens with one attached hydrogen (secondary N) is 1. The predicted octanol–water partition coefficient (Wildman–Crippen LogP) is 1.64. The summed E-state index contributed by atoms with van der Waals surface area (Å²) >= 11 is 3.43. The summed E-state index contributed by atoms with van der Waals surface area (Å²) in [5.74, 6) is 0.312. The summed E-state index contributed by atoms with van der Waals surface area (Å²) < 4.78 is 0. The van der Waals surface area contributed by atoms with Gasteiger partial charge in [-0.1, -0.05) is 18.2 Å². The number of aliphatic carboxylic acids is 1. The Hall–Kier alpha value is -1.14. The molecule has 1 aromatic carbocycles. The summed E-state index contributed by atoms with van der Waals surface area (Å²) in [6.07, 6.45) is 1.48. The van der Waals surface area contributed by atoms with Gasteiger partial charge in [0, 0.05) is 21.7 Å². The summed E-state index contributed by atoms with van der Waals surface area (Å²) in [5, 5.41) is 11.7. The summed E-state index contributed by atoms with van der Waals surface area (Å²) in [7, 11) is 0. The van der Waals surface area contributed by atoms with Crippen LogP contribution in [0.4, 0.5) is 0 Å². The maximum Gasteiger partial charge on any atom is 0.327 e. The molecule has 1 aliphatic heterocycles. The molecule has 0 aliphatic carbocycles. The first-order valence-corrected chi connectivity index (χ1v) is 7.99. The van der Waals surface area contributed by atoms with Gasteiger partial charge in [-0.3, -0.25) is 4.79 Å². The summed E-state index contributed by atoms with van der Waals surface area (Å²) in [6.45, 7) is 0. The Labute approximate surface area is 120 Å². The van der Waals surface area contributed by atoms with Gasteiger partial charge < -0.3 is 10.4 Å². The van der Waals surface area contributed by atoms with Crippen LogP contribution in [-0.4, -0.2) is 40.3 Å². The molecule has 19 heavy (non-hydrogen) atoms. The summed E-state index contributed by atoms with van der Waals surface area (Å²) in [6, 6.07) is 7.55. The second-order valence-electron chi connectivity index (χ2n) is 4.26. The van der Waals surface area contributed by atoms with Gasteiger partial charge in [-0.25, -0.2) is 4.79 Å². The van der Waals surface area contributed by atoms with Gasteiger partial charge in [-0.2, -0.15) is 11.8 Å². The topological polar surface area (TPSA) is 66.4 Å². The molecule has 2 rings (SSSR count). The zero-order chi connectivity index (χ0) is 13.7. The predicted molar refractivity (Wildman–Crippen MR) is 77.7 cm³/mol. The van der Waals surface area contributed by atoms with E-state index >= 15 is 0 Å². The monoisotopic (exact) mass is 297 g/mol. The van der Waals surface area contributed by atoms with Crippen molar-refractivity contribution in [3.63, 3.8) is 0 Å². The van der Waals surface area contributed by atoms with E-state index in [9.17, 15) is 9.59 Å². The zero-order valence-electron chi connectivity index (χ0n) is 10.2. The van der Waals surface area contributed by atoms with Crippen LogP contribution in [0.1, 0.15) is 5.56 Å². The fraction of sp³-hybridized carbons (Fsp3) is 0.385. The average molecular weight is 297 g/mol. The third kappa shape index (κ3) is 3.91. The molecule has 1 aromatic rings. The van der Waals surface area contributed by atoms with Crippen LogP contribution >= 0.6 is 23.5 Å². The van der Waals surface area contributed by atoms with Gasteiger partial charge in [0.05, 0.1) is 0 Å². The fourth-order valence-electron chi connectivity index (χ4n) is 1.94. The third-order valence-corrected chi connectivity index (χ3v) is 5.61. The lowest BCUT2D eigenvalue weighted by Crippen LogP contribution is -2.38. The molecule has 2 N–H and O–H groups in total. The van der Waals surface area contributed by atoms with Crippen molar-refractivity contribution in [2.45, 2.75) is 22.6 Å². The highest BCUT2D eigenvalue weighted by Crippen LogP contribution is 2.38. The molecule has 0 aromatic heterocycles. The van der Waals surface area contributed by atoms with Crippen molar-refractivity contribution < 1.29 is 14.7 Å². The normalized spacial score (nSPS) is 18.6. The molecule has 0 fully saturated rings. The van der Waals surface area contributed by atoms with Crippen molar-refractivity contribution in [3.8, 4) is 0 Å². The van der Waals surface area contributed by atoms with Crippen molar-refractivity contribution in [3.05, 3.63) is 29.8 Å². The van der Waals surface area contributed by atoms with Crippen LogP contribution in [0.3, 0.4) is 0 Å². The van der Waals surface area contributed by atoms with Gasteiger partial charge >= 0.3 is 5.97 Å². The maximum atomic E-state index is 10.9. The lowest BCUT2D eigenvalue weighted by Gasteiger charge is -2.12. The van der Waals surface area contributed by atoms with Crippen LogP contribution in [0, 0.1) is 0 Å². The quantitative estimate of drug-likeness (QED) is 0.749. The van der Waals surface area contributed by atoms with Crippen LogP contribution in [0.25, 0.3) is 0 Å². The third-order valence-electron chi connectivity index (χ3n) is 2.87. The number of thioether (sulfide) groups is 2. The fourth-order valence-corrected chi connectivity index (χ4v) is 4.57. The number of benzene rings is 1. The van der Waals surface area contributed by atoms with Gasteiger partial charge in [0.1, 0.15) is 6.04 Å². The van der Waals surface area contributed by atoms with Gasteiger partial charge in [-0.05, 0) is 18.1 Å². The number of hydrogen-bond donors (Lipinski definition) is 2. The van der Waals surface area contributed by atoms with Gasteiger partial charge in [-0.15, -0.1) is 11.8 Å². The highest BCUT2D eigenvalue weighted by Gasteiger charge is 2.23. The van der Waals surface area contributed by atoms with Crippen LogP contribution in [0.15, 0.2) is 29.2 Å². The van der Waals surface area contributed by atoms with E-state index in [1.807, 2.05) is 23.9 Å². The van der Waals surface area contributed by atoms with Crippen molar-refractivity contribution >= 4 is 35.9 Å². The standard InChI is InChI=1S/C13H15NO3S2/c15-8-14-11(13(16)17)7-18-6-10-5-9-3-1-2-4-12(9)19-10/h1-4,8,10-11H,5-7H2,(H,14,15)(H,16,17). The Morgan fingerprint density at radius 2 is 2.37 bits per heavy atom. The summed E-state index contributed by atoms with van der Waals surface area (Å²) in [5.41, 5.74) is 1.37. The van der Waals surface area contributed by atoms with Crippen LogP contribution in [0.5, 0.6) is 0 Å². The minimum absolute atomic E-state index is 0.404. The molecule has 0 saturated heterocycles. The van der Waals surface area contributed by atoms with Crippen molar-refractivity contribution in [2.75, 3.05) is 11.5 Å². The molecule has 0 saturated carbocycles. The first kappa shape index (κ1) is 14.3. The molecule has 102 valence electrons. The van der Waals surface area contributed by atoms with Gasteiger partial charge in [0.15, 0.2) is 0 Å². The second kappa shape index (κ2) is 6.86. The number of carboxylic acids is 1. The highest BCUT2D eigenvalue weighted by molar-refractivity contribution is 8.03. The minimum Gasteiger partial charge on any atom is -0.480 e. The molecule has 0 bridgehead atoms.